The molecular weight excluding hydrogens is 338 g/mol. The number of likely N-dealkylation sites (N-methyl/N-ethyl adjacent to an activating group) is 1. The minimum absolute atomic E-state index is 0.602. The number of hydrogen-bond donors (Lipinski definition) is 0. The third-order valence-corrected chi connectivity index (χ3v) is 6.12. The summed E-state index contributed by atoms with van der Waals surface area (Å²) >= 11 is 7.83. The lowest BCUT2D eigenvalue weighted by Gasteiger charge is -2.32. The first-order valence-electron chi connectivity index (χ1n) is 8.31. The Balaban J connectivity index is 1.82. The number of rotatable bonds is 5. The van der Waals surface area contributed by atoms with Crippen LogP contribution in [0.1, 0.15) is 23.1 Å². The summed E-state index contributed by atoms with van der Waals surface area (Å²) in [6.07, 6.45) is 3.42. The van der Waals surface area contributed by atoms with E-state index in [2.05, 4.69) is 43.3 Å². The summed E-state index contributed by atoms with van der Waals surface area (Å²) in [5.74, 6) is 2.03. The van der Waals surface area contributed by atoms with Crippen molar-refractivity contribution in [2.24, 2.45) is 0 Å². The van der Waals surface area contributed by atoms with Crippen molar-refractivity contribution in [3.8, 4) is 5.75 Å². The maximum absolute atomic E-state index is 5.97. The molecule has 1 aliphatic carbocycles. The van der Waals surface area contributed by atoms with Crippen molar-refractivity contribution in [1.29, 1.82) is 0 Å². The predicted molar refractivity (Wildman–Crippen MR) is 104 cm³/mol. The van der Waals surface area contributed by atoms with Gasteiger partial charge in [-0.1, -0.05) is 17.7 Å². The van der Waals surface area contributed by atoms with E-state index in [1.54, 1.807) is 7.11 Å². The molecule has 0 heterocycles. The Labute approximate surface area is 154 Å². The molecule has 1 atom stereocenters. The average molecular weight is 362 g/mol. The lowest BCUT2D eigenvalue weighted by molar-refractivity contribution is 0.264. The van der Waals surface area contributed by atoms with Gasteiger partial charge in [0.15, 0.2) is 0 Å². The average Bonchev–Trinajstić information content (AvgIpc) is 2.60. The highest BCUT2D eigenvalue weighted by Gasteiger charge is 2.25. The van der Waals surface area contributed by atoms with Gasteiger partial charge in [0, 0.05) is 21.7 Å². The molecule has 24 heavy (non-hydrogen) atoms. The first-order chi connectivity index (χ1) is 11.6. The molecule has 128 valence electrons. The number of fused-ring (bicyclic) bond motifs is 1. The van der Waals surface area contributed by atoms with E-state index in [0.717, 1.165) is 29.4 Å². The topological polar surface area (TPSA) is 12.5 Å². The van der Waals surface area contributed by atoms with Crippen LogP contribution in [0, 0.1) is 0 Å². The third-order valence-electron chi connectivity index (χ3n) is 4.81. The van der Waals surface area contributed by atoms with Crippen molar-refractivity contribution in [3.05, 3.63) is 58.1 Å². The highest BCUT2D eigenvalue weighted by molar-refractivity contribution is 7.98. The molecular formula is C20H24ClNOS. The van der Waals surface area contributed by atoms with Crippen molar-refractivity contribution in [3.63, 3.8) is 0 Å². The van der Waals surface area contributed by atoms with E-state index < -0.39 is 0 Å². The van der Waals surface area contributed by atoms with E-state index in [0.29, 0.717) is 6.04 Å². The highest BCUT2D eigenvalue weighted by Crippen LogP contribution is 2.36. The number of hydrogen-bond acceptors (Lipinski definition) is 3. The highest BCUT2D eigenvalue weighted by atomic mass is 35.5. The van der Waals surface area contributed by atoms with Crippen molar-refractivity contribution in [2.75, 3.05) is 21.2 Å². The number of thioether (sulfide) groups is 1. The predicted octanol–water partition coefficient (Wildman–Crippen LogP) is 5.06. The minimum atomic E-state index is 0.602. The van der Waals surface area contributed by atoms with Gasteiger partial charge in [0.25, 0.3) is 0 Å². The maximum atomic E-state index is 5.97. The number of halogens is 1. The second-order valence-corrected chi connectivity index (χ2v) is 7.97. The summed E-state index contributed by atoms with van der Waals surface area (Å²) in [6.45, 7) is 0. The van der Waals surface area contributed by atoms with Crippen LogP contribution >= 0.6 is 23.4 Å². The van der Waals surface area contributed by atoms with Crippen LogP contribution in [0.25, 0.3) is 0 Å². The second kappa shape index (κ2) is 7.81. The van der Waals surface area contributed by atoms with E-state index in [1.165, 1.54) is 28.0 Å². The Hall–Kier alpha value is -1.16. The van der Waals surface area contributed by atoms with Crippen molar-refractivity contribution in [1.82, 2.24) is 4.90 Å². The molecule has 2 nitrogen and oxygen atoms in total. The largest absolute Gasteiger partial charge is 0.496 e. The van der Waals surface area contributed by atoms with Gasteiger partial charge >= 0.3 is 0 Å². The molecule has 0 aromatic heterocycles. The fourth-order valence-corrected chi connectivity index (χ4v) is 4.41. The molecule has 0 saturated heterocycles. The SMILES string of the molecule is COc1ccc(CSc2ccc(Cl)cc2)c2c1C[C@@H](N(C)C)CC2. The van der Waals surface area contributed by atoms with Crippen LogP contribution in [0.15, 0.2) is 41.3 Å². The molecule has 0 bridgehead atoms. The quantitative estimate of drug-likeness (QED) is 0.690. The van der Waals surface area contributed by atoms with E-state index in [4.69, 9.17) is 16.3 Å². The number of ether oxygens (including phenoxy) is 1. The molecule has 0 fully saturated rings. The molecule has 0 amide bonds. The summed E-state index contributed by atoms with van der Waals surface area (Å²) in [7, 11) is 6.11. The first-order valence-corrected chi connectivity index (χ1v) is 9.67. The molecule has 0 saturated carbocycles. The van der Waals surface area contributed by atoms with Gasteiger partial charge in [-0.05, 0) is 80.4 Å². The van der Waals surface area contributed by atoms with Gasteiger partial charge in [0.1, 0.15) is 5.75 Å². The first kappa shape index (κ1) is 17.7. The van der Waals surface area contributed by atoms with Crippen LogP contribution in [0.5, 0.6) is 5.75 Å². The van der Waals surface area contributed by atoms with Gasteiger partial charge in [-0.2, -0.15) is 0 Å². The zero-order valence-corrected chi connectivity index (χ0v) is 16.1. The Morgan fingerprint density at radius 1 is 1.12 bits per heavy atom. The Kier molecular flexibility index (Phi) is 5.75. The molecule has 0 N–H and O–H groups in total. The standard InChI is InChI=1S/C20H24ClNOS/c1-22(2)16-7-10-18-14(4-11-20(23-3)19(18)12-16)13-24-17-8-5-15(21)6-9-17/h4-6,8-9,11,16H,7,10,12-13H2,1-3H3/t16-/m0/s1. The molecule has 2 aromatic carbocycles. The minimum Gasteiger partial charge on any atom is -0.496 e. The van der Waals surface area contributed by atoms with Crippen LogP contribution in [0.4, 0.5) is 0 Å². The summed E-state index contributed by atoms with van der Waals surface area (Å²) < 4.78 is 5.63. The maximum Gasteiger partial charge on any atom is 0.122 e. The van der Waals surface area contributed by atoms with Gasteiger partial charge < -0.3 is 9.64 Å². The summed E-state index contributed by atoms with van der Waals surface area (Å²) in [5, 5.41) is 0.788. The molecule has 4 heteroatoms. The fourth-order valence-electron chi connectivity index (χ4n) is 3.36. The van der Waals surface area contributed by atoms with E-state index in [-0.39, 0.29) is 0 Å². The monoisotopic (exact) mass is 361 g/mol. The van der Waals surface area contributed by atoms with Gasteiger partial charge in [0.2, 0.25) is 0 Å². The molecule has 0 unspecified atom stereocenters. The molecule has 0 aliphatic heterocycles. The molecule has 1 aliphatic rings. The van der Waals surface area contributed by atoms with E-state index in [1.807, 2.05) is 23.9 Å². The molecule has 2 aromatic rings. The fraction of sp³-hybridized carbons (Fsp3) is 0.400. The molecule has 0 radical (unpaired) electrons. The summed E-state index contributed by atoms with van der Waals surface area (Å²) in [6, 6.07) is 13.1. The Morgan fingerprint density at radius 2 is 1.88 bits per heavy atom. The second-order valence-electron chi connectivity index (χ2n) is 6.49. The van der Waals surface area contributed by atoms with Crippen LogP contribution in [0.3, 0.4) is 0 Å². The van der Waals surface area contributed by atoms with Crippen LogP contribution in [-0.2, 0) is 18.6 Å². The smallest absolute Gasteiger partial charge is 0.122 e. The summed E-state index contributed by atoms with van der Waals surface area (Å²) in [4.78, 5) is 3.59. The zero-order valence-electron chi connectivity index (χ0n) is 14.5. The van der Waals surface area contributed by atoms with Gasteiger partial charge in [-0.15, -0.1) is 11.8 Å². The molecule has 3 rings (SSSR count). The molecule has 0 spiro atoms. The Morgan fingerprint density at radius 3 is 2.54 bits per heavy atom. The van der Waals surface area contributed by atoms with Crippen LogP contribution in [-0.4, -0.2) is 32.1 Å². The lowest BCUT2D eigenvalue weighted by Crippen LogP contribution is -2.34. The summed E-state index contributed by atoms with van der Waals surface area (Å²) in [5.41, 5.74) is 4.33. The third kappa shape index (κ3) is 3.90. The van der Waals surface area contributed by atoms with Gasteiger partial charge in [0.05, 0.1) is 7.11 Å². The lowest BCUT2D eigenvalue weighted by atomic mass is 9.84. The van der Waals surface area contributed by atoms with Crippen molar-refractivity contribution < 1.29 is 4.74 Å². The van der Waals surface area contributed by atoms with Gasteiger partial charge in [-0.3, -0.25) is 0 Å². The van der Waals surface area contributed by atoms with E-state index >= 15 is 0 Å². The zero-order chi connectivity index (χ0) is 17.1. The number of methoxy groups -OCH3 is 1. The van der Waals surface area contributed by atoms with E-state index in [9.17, 15) is 0 Å². The van der Waals surface area contributed by atoms with Crippen molar-refractivity contribution in [2.45, 2.75) is 36.0 Å². The number of nitrogens with zero attached hydrogens (tertiary/aromatic N) is 1. The number of benzene rings is 2. The van der Waals surface area contributed by atoms with Crippen molar-refractivity contribution >= 4 is 23.4 Å². The Bertz CT molecular complexity index is 700. The van der Waals surface area contributed by atoms with Crippen LogP contribution < -0.4 is 4.74 Å². The van der Waals surface area contributed by atoms with Gasteiger partial charge in [-0.25, -0.2) is 0 Å². The van der Waals surface area contributed by atoms with Crippen LogP contribution in [0.2, 0.25) is 5.02 Å². The normalized spacial score (nSPS) is 17.0.